The van der Waals surface area contributed by atoms with Gasteiger partial charge in [-0.1, -0.05) is 37.3 Å². The summed E-state index contributed by atoms with van der Waals surface area (Å²) >= 11 is 0. The fourth-order valence-electron chi connectivity index (χ4n) is 2.09. The van der Waals surface area contributed by atoms with Crippen LogP contribution in [0.25, 0.3) is 0 Å². The van der Waals surface area contributed by atoms with Crippen LogP contribution >= 0.6 is 0 Å². The van der Waals surface area contributed by atoms with Crippen molar-refractivity contribution in [2.75, 3.05) is 33.5 Å². The molecule has 0 radical (unpaired) electrons. The Labute approximate surface area is 126 Å². The number of carboxylic acid groups (broad SMARTS) is 1. The summed E-state index contributed by atoms with van der Waals surface area (Å²) in [5.41, 5.74) is -0.498. The Morgan fingerprint density at radius 3 is 2.57 bits per heavy atom. The molecular weight excluding hydrogens is 270 g/mol. The number of benzene rings is 1. The second kappa shape index (κ2) is 9.50. The van der Waals surface area contributed by atoms with Crippen molar-refractivity contribution in [1.29, 1.82) is 0 Å². The molecule has 0 bridgehead atoms. The van der Waals surface area contributed by atoms with Crippen LogP contribution in [-0.4, -0.2) is 44.6 Å². The third-order valence-corrected chi connectivity index (χ3v) is 3.26. The third kappa shape index (κ3) is 5.12. The van der Waals surface area contributed by atoms with E-state index in [0.29, 0.717) is 25.3 Å². The molecule has 1 aromatic carbocycles. The number of carboxylic acids is 1. The molecule has 0 heterocycles. The smallest absolute Gasteiger partial charge is 0.331 e. The zero-order valence-electron chi connectivity index (χ0n) is 12.8. The summed E-state index contributed by atoms with van der Waals surface area (Å²) < 4.78 is 10.5. The van der Waals surface area contributed by atoms with Gasteiger partial charge in [-0.15, -0.1) is 0 Å². The number of carbonyl (C=O) groups is 1. The highest BCUT2D eigenvalue weighted by Crippen LogP contribution is 2.22. The summed E-state index contributed by atoms with van der Waals surface area (Å²) in [6, 6.07) is 9.18. The molecule has 2 N–H and O–H groups in total. The van der Waals surface area contributed by atoms with Gasteiger partial charge in [-0.25, -0.2) is 4.79 Å². The van der Waals surface area contributed by atoms with Crippen LogP contribution < -0.4 is 5.32 Å². The predicted molar refractivity (Wildman–Crippen MR) is 81.4 cm³/mol. The minimum absolute atomic E-state index is 0.0933. The van der Waals surface area contributed by atoms with E-state index in [-0.39, 0.29) is 6.61 Å². The quantitative estimate of drug-likeness (QED) is 0.611. The summed E-state index contributed by atoms with van der Waals surface area (Å²) in [7, 11) is 1.63. The van der Waals surface area contributed by atoms with Gasteiger partial charge in [-0.3, -0.25) is 5.32 Å². The van der Waals surface area contributed by atoms with Crippen molar-refractivity contribution in [2.24, 2.45) is 0 Å². The lowest BCUT2D eigenvalue weighted by Crippen LogP contribution is -2.53. The number of nitrogens with one attached hydrogen (secondary N) is 1. The molecule has 118 valence electrons. The molecule has 0 saturated carbocycles. The van der Waals surface area contributed by atoms with Gasteiger partial charge in [0, 0.05) is 20.3 Å². The zero-order chi connectivity index (χ0) is 15.6. The van der Waals surface area contributed by atoms with Crippen molar-refractivity contribution >= 4 is 5.97 Å². The van der Waals surface area contributed by atoms with Crippen molar-refractivity contribution in [1.82, 2.24) is 5.32 Å². The number of rotatable bonds is 11. The molecule has 1 atom stereocenters. The zero-order valence-corrected chi connectivity index (χ0v) is 12.8. The number of ether oxygens (including phenoxy) is 2. The first kappa shape index (κ1) is 17.6. The molecule has 0 aliphatic heterocycles. The Balaban J connectivity index is 2.83. The molecule has 21 heavy (non-hydrogen) atoms. The first-order chi connectivity index (χ1) is 10.2. The third-order valence-electron chi connectivity index (χ3n) is 3.26. The minimum Gasteiger partial charge on any atom is -0.480 e. The molecule has 0 aliphatic carbocycles. The van der Waals surface area contributed by atoms with Crippen LogP contribution in [0.4, 0.5) is 0 Å². The van der Waals surface area contributed by atoms with Gasteiger partial charge < -0.3 is 14.6 Å². The summed E-state index contributed by atoms with van der Waals surface area (Å²) in [5.74, 6) is -0.922. The standard InChI is InChI=1S/C16H25NO4/c1-3-10-17-16(15(18)19,13-21-12-7-11-20-2)14-8-5-4-6-9-14/h4-6,8-9,17H,3,7,10-13H2,1-2H3,(H,18,19). The van der Waals surface area contributed by atoms with E-state index in [9.17, 15) is 9.90 Å². The normalized spacial score (nSPS) is 13.8. The van der Waals surface area contributed by atoms with Gasteiger partial charge in [-0.05, 0) is 24.9 Å². The van der Waals surface area contributed by atoms with E-state index in [1.165, 1.54) is 0 Å². The van der Waals surface area contributed by atoms with E-state index in [0.717, 1.165) is 12.8 Å². The maximum atomic E-state index is 11.9. The van der Waals surface area contributed by atoms with Crippen molar-refractivity contribution in [3.8, 4) is 0 Å². The van der Waals surface area contributed by atoms with Gasteiger partial charge in [0.05, 0.1) is 6.61 Å². The summed E-state index contributed by atoms with van der Waals surface area (Å²) in [6.07, 6.45) is 1.60. The fraction of sp³-hybridized carbons (Fsp3) is 0.562. The first-order valence-electron chi connectivity index (χ1n) is 7.28. The van der Waals surface area contributed by atoms with Gasteiger partial charge >= 0.3 is 5.97 Å². The van der Waals surface area contributed by atoms with Crippen LogP contribution in [0, 0.1) is 0 Å². The van der Waals surface area contributed by atoms with Crippen LogP contribution in [-0.2, 0) is 19.8 Å². The summed E-state index contributed by atoms with van der Waals surface area (Å²) in [5, 5.41) is 12.9. The van der Waals surface area contributed by atoms with Crippen LogP contribution in [0.2, 0.25) is 0 Å². The van der Waals surface area contributed by atoms with E-state index in [4.69, 9.17) is 9.47 Å². The SMILES string of the molecule is CCCNC(COCCCOC)(C(=O)O)c1ccccc1. The lowest BCUT2D eigenvalue weighted by atomic mass is 9.90. The number of hydrogen-bond donors (Lipinski definition) is 2. The van der Waals surface area contributed by atoms with Crippen LogP contribution in [0.1, 0.15) is 25.3 Å². The van der Waals surface area contributed by atoms with Gasteiger partial charge in [-0.2, -0.15) is 0 Å². The maximum Gasteiger partial charge on any atom is 0.331 e. The molecule has 0 aromatic heterocycles. The summed E-state index contributed by atoms with van der Waals surface area (Å²) in [4.78, 5) is 11.9. The van der Waals surface area contributed by atoms with Gasteiger partial charge in [0.25, 0.3) is 0 Å². The fourth-order valence-corrected chi connectivity index (χ4v) is 2.09. The molecule has 0 saturated heterocycles. The molecule has 0 amide bonds. The molecule has 5 nitrogen and oxygen atoms in total. The number of aliphatic carboxylic acids is 1. The topological polar surface area (TPSA) is 67.8 Å². The number of methoxy groups -OCH3 is 1. The average Bonchev–Trinajstić information content (AvgIpc) is 2.51. The van der Waals surface area contributed by atoms with Crippen molar-refractivity contribution in [3.05, 3.63) is 35.9 Å². The predicted octanol–water partition coefficient (Wildman–Crippen LogP) is 2.02. The minimum atomic E-state index is -1.20. The summed E-state index contributed by atoms with van der Waals surface area (Å²) in [6.45, 7) is 3.79. The van der Waals surface area contributed by atoms with Crippen molar-refractivity contribution in [3.63, 3.8) is 0 Å². The Hall–Kier alpha value is -1.43. The van der Waals surface area contributed by atoms with E-state index < -0.39 is 11.5 Å². The van der Waals surface area contributed by atoms with Crippen LogP contribution in [0.3, 0.4) is 0 Å². The Bertz CT molecular complexity index is 410. The van der Waals surface area contributed by atoms with Crippen LogP contribution in [0.5, 0.6) is 0 Å². The molecule has 5 heteroatoms. The molecule has 0 spiro atoms. The van der Waals surface area contributed by atoms with Gasteiger partial charge in [0.15, 0.2) is 5.54 Å². The molecule has 1 aromatic rings. The monoisotopic (exact) mass is 295 g/mol. The second-order valence-corrected chi connectivity index (χ2v) is 4.90. The average molecular weight is 295 g/mol. The lowest BCUT2D eigenvalue weighted by Gasteiger charge is -2.31. The highest BCUT2D eigenvalue weighted by Gasteiger charge is 2.40. The first-order valence-corrected chi connectivity index (χ1v) is 7.28. The molecule has 1 unspecified atom stereocenters. The Kier molecular flexibility index (Phi) is 7.97. The van der Waals surface area contributed by atoms with Crippen LogP contribution in [0.15, 0.2) is 30.3 Å². The van der Waals surface area contributed by atoms with Gasteiger partial charge in [0.1, 0.15) is 0 Å². The Morgan fingerprint density at radius 2 is 2.00 bits per heavy atom. The van der Waals surface area contributed by atoms with Gasteiger partial charge in [0.2, 0.25) is 0 Å². The Morgan fingerprint density at radius 1 is 1.29 bits per heavy atom. The molecular formula is C16H25NO4. The molecule has 1 rings (SSSR count). The highest BCUT2D eigenvalue weighted by atomic mass is 16.5. The van der Waals surface area contributed by atoms with E-state index in [1.807, 2.05) is 37.3 Å². The molecule has 0 fully saturated rings. The highest BCUT2D eigenvalue weighted by molar-refractivity contribution is 5.81. The number of hydrogen-bond acceptors (Lipinski definition) is 4. The lowest BCUT2D eigenvalue weighted by molar-refractivity contribution is -0.148. The largest absolute Gasteiger partial charge is 0.480 e. The van der Waals surface area contributed by atoms with Crippen molar-refractivity contribution < 1.29 is 19.4 Å². The van der Waals surface area contributed by atoms with E-state index >= 15 is 0 Å². The van der Waals surface area contributed by atoms with E-state index in [2.05, 4.69) is 5.32 Å². The molecule has 0 aliphatic rings. The van der Waals surface area contributed by atoms with Crippen molar-refractivity contribution in [2.45, 2.75) is 25.3 Å². The maximum absolute atomic E-state index is 11.9. The van der Waals surface area contributed by atoms with E-state index in [1.54, 1.807) is 7.11 Å². The second-order valence-electron chi connectivity index (χ2n) is 4.90.